The minimum atomic E-state index is 0.419. The third-order valence-electron chi connectivity index (χ3n) is 4.56. The highest BCUT2D eigenvalue weighted by Crippen LogP contribution is 2.31. The maximum Gasteiger partial charge on any atom is 0.0309 e. The normalized spacial score (nSPS) is 23.6. The average molecular weight is 323 g/mol. The lowest BCUT2D eigenvalue weighted by molar-refractivity contribution is 0.0945. The van der Waals surface area contributed by atoms with Gasteiger partial charge in [0.25, 0.3) is 0 Å². The first kappa shape index (κ1) is 13.6. The second kappa shape index (κ2) is 5.94. The van der Waals surface area contributed by atoms with Gasteiger partial charge in [-0.05, 0) is 30.5 Å². The molecule has 0 radical (unpaired) electrons. The van der Waals surface area contributed by atoms with E-state index in [4.69, 9.17) is 0 Å². The summed E-state index contributed by atoms with van der Waals surface area (Å²) in [4.78, 5) is 2.63. The molecule has 0 atom stereocenters. The van der Waals surface area contributed by atoms with Crippen LogP contribution in [0.5, 0.6) is 0 Å². The lowest BCUT2D eigenvalue weighted by atomic mass is 9.80. The van der Waals surface area contributed by atoms with Crippen LogP contribution in [0, 0.1) is 0 Å². The van der Waals surface area contributed by atoms with E-state index in [2.05, 4.69) is 50.4 Å². The van der Waals surface area contributed by atoms with Crippen molar-refractivity contribution in [3.63, 3.8) is 0 Å². The minimum Gasteiger partial charge on any atom is -0.309 e. The average Bonchev–Trinajstić information content (AvgIpc) is 2.40. The molecule has 1 aromatic rings. The Morgan fingerprint density at radius 1 is 1.21 bits per heavy atom. The summed E-state index contributed by atoms with van der Waals surface area (Å²) in [5, 5.41) is 3.81. The van der Waals surface area contributed by atoms with Crippen molar-refractivity contribution in [2.75, 3.05) is 19.6 Å². The lowest BCUT2D eigenvalue weighted by Gasteiger charge is -2.46. The summed E-state index contributed by atoms with van der Waals surface area (Å²) in [7, 11) is 0. The Labute approximate surface area is 124 Å². The highest BCUT2D eigenvalue weighted by Gasteiger charge is 2.35. The Hall–Kier alpha value is -0.380. The molecule has 1 spiro atoms. The van der Waals surface area contributed by atoms with Crippen molar-refractivity contribution in [3.05, 3.63) is 34.3 Å². The maximum absolute atomic E-state index is 3.81. The molecule has 1 aromatic carbocycles. The molecule has 1 saturated carbocycles. The lowest BCUT2D eigenvalue weighted by Crippen LogP contribution is -2.60. The standard InChI is InChI=1S/C16H23BrN2/c17-15-6-4-5-14(11-15)12-19-10-9-18-16(13-19)7-2-1-3-8-16/h4-6,11,18H,1-3,7-10,12-13H2. The van der Waals surface area contributed by atoms with E-state index in [1.54, 1.807) is 0 Å². The predicted molar refractivity (Wildman–Crippen MR) is 83.2 cm³/mol. The number of nitrogens with one attached hydrogen (secondary N) is 1. The van der Waals surface area contributed by atoms with Gasteiger partial charge in [-0.15, -0.1) is 0 Å². The summed E-state index contributed by atoms with van der Waals surface area (Å²) < 4.78 is 1.19. The molecule has 1 aliphatic heterocycles. The first-order valence-corrected chi connectivity index (χ1v) is 8.27. The van der Waals surface area contributed by atoms with E-state index in [1.807, 2.05) is 0 Å². The smallest absolute Gasteiger partial charge is 0.0309 e. The Balaban J connectivity index is 1.65. The molecule has 1 saturated heterocycles. The van der Waals surface area contributed by atoms with Crippen LogP contribution in [0.3, 0.4) is 0 Å². The summed E-state index contributed by atoms with van der Waals surface area (Å²) in [5.74, 6) is 0. The number of halogens is 1. The Kier molecular flexibility index (Phi) is 4.25. The third kappa shape index (κ3) is 3.39. The van der Waals surface area contributed by atoms with Crippen LogP contribution in [-0.4, -0.2) is 30.1 Å². The van der Waals surface area contributed by atoms with Gasteiger partial charge in [-0.2, -0.15) is 0 Å². The highest BCUT2D eigenvalue weighted by molar-refractivity contribution is 9.10. The van der Waals surface area contributed by atoms with E-state index in [-0.39, 0.29) is 0 Å². The largest absolute Gasteiger partial charge is 0.309 e. The Bertz CT molecular complexity index is 421. The molecular weight excluding hydrogens is 300 g/mol. The van der Waals surface area contributed by atoms with Crippen LogP contribution in [-0.2, 0) is 6.54 Å². The molecule has 0 bridgehead atoms. The molecule has 3 rings (SSSR count). The van der Waals surface area contributed by atoms with Gasteiger partial charge in [-0.1, -0.05) is 47.3 Å². The van der Waals surface area contributed by atoms with E-state index in [0.29, 0.717) is 5.54 Å². The molecule has 0 amide bonds. The first-order chi connectivity index (χ1) is 9.26. The van der Waals surface area contributed by atoms with Gasteiger partial charge in [0, 0.05) is 36.2 Å². The number of piperazine rings is 1. The zero-order valence-corrected chi connectivity index (χ0v) is 13.1. The highest BCUT2D eigenvalue weighted by atomic mass is 79.9. The van der Waals surface area contributed by atoms with Gasteiger partial charge < -0.3 is 5.32 Å². The van der Waals surface area contributed by atoms with Crippen molar-refractivity contribution in [1.29, 1.82) is 0 Å². The number of rotatable bonds is 2. The van der Waals surface area contributed by atoms with E-state index in [0.717, 1.165) is 13.1 Å². The fourth-order valence-corrected chi connectivity index (χ4v) is 4.08. The molecule has 1 heterocycles. The van der Waals surface area contributed by atoms with E-state index in [9.17, 15) is 0 Å². The Morgan fingerprint density at radius 2 is 2.05 bits per heavy atom. The SMILES string of the molecule is Brc1cccc(CN2CCNC3(CCCCC3)C2)c1. The van der Waals surface area contributed by atoms with Crippen LogP contribution >= 0.6 is 15.9 Å². The van der Waals surface area contributed by atoms with Crippen molar-refractivity contribution in [1.82, 2.24) is 10.2 Å². The number of nitrogens with zero attached hydrogens (tertiary/aromatic N) is 1. The van der Waals surface area contributed by atoms with E-state index in [1.165, 1.54) is 55.2 Å². The number of hydrogen-bond donors (Lipinski definition) is 1. The summed E-state index contributed by atoms with van der Waals surface area (Å²) in [5.41, 5.74) is 1.84. The van der Waals surface area contributed by atoms with Gasteiger partial charge in [0.1, 0.15) is 0 Å². The van der Waals surface area contributed by atoms with Crippen LogP contribution in [0.1, 0.15) is 37.7 Å². The quantitative estimate of drug-likeness (QED) is 0.895. The molecule has 2 fully saturated rings. The molecule has 2 aliphatic rings. The van der Waals surface area contributed by atoms with Gasteiger partial charge in [-0.25, -0.2) is 0 Å². The fourth-order valence-electron chi connectivity index (χ4n) is 3.63. The monoisotopic (exact) mass is 322 g/mol. The summed E-state index contributed by atoms with van der Waals surface area (Å²) in [6.07, 6.45) is 6.95. The second-order valence-corrected chi connectivity index (χ2v) is 7.02. The zero-order valence-electron chi connectivity index (χ0n) is 11.5. The van der Waals surface area contributed by atoms with Crippen molar-refractivity contribution >= 4 is 15.9 Å². The van der Waals surface area contributed by atoms with Gasteiger partial charge in [0.15, 0.2) is 0 Å². The predicted octanol–water partition coefficient (Wildman–Crippen LogP) is 3.56. The molecule has 3 heteroatoms. The second-order valence-electron chi connectivity index (χ2n) is 6.11. The first-order valence-electron chi connectivity index (χ1n) is 7.48. The molecule has 2 nitrogen and oxygen atoms in total. The van der Waals surface area contributed by atoms with Crippen LogP contribution in [0.25, 0.3) is 0 Å². The topological polar surface area (TPSA) is 15.3 Å². The van der Waals surface area contributed by atoms with Crippen LogP contribution in [0.2, 0.25) is 0 Å². The Morgan fingerprint density at radius 3 is 2.84 bits per heavy atom. The number of benzene rings is 1. The van der Waals surface area contributed by atoms with Crippen molar-refractivity contribution in [3.8, 4) is 0 Å². The minimum absolute atomic E-state index is 0.419. The summed E-state index contributed by atoms with van der Waals surface area (Å²) in [6, 6.07) is 8.72. The zero-order chi connectivity index (χ0) is 13.1. The van der Waals surface area contributed by atoms with E-state index >= 15 is 0 Å². The van der Waals surface area contributed by atoms with Gasteiger partial charge in [-0.3, -0.25) is 4.90 Å². The molecular formula is C16H23BrN2. The number of hydrogen-bond acceptors (Lipinski definition) is 2. The van der Waals surface area contributed by atoms with Crippen molar-refractivity contribution in [2.45, 2.75) is 44.2 Å². The maximum atomic E-state index is 3.81. The van der Waals surface area contributed by atoms with Crippen molar-refractivity contribution < 1.29 is 0 Å². The summed E-state index contributed by atoms with van der Waals surface area (Å²) in [6.45, 7) is 4.63. The van der Waals surface area contributed by atoms with Gasteiger partial charge in [0.05, 0.1) is 0 Å². The van der Waals surface area contributed by atoms with Crippen LogP contribution < -0.4 is 5.32 Å². The third-order valence-corrected chi connectivity index (χ3v) is 5.05. The molecule has 1 aliphatic carbocycles. The van der Waals surface area contributed by atoms with Crippen LogP contribution in [0.15, 0.2) is 28.7 Å². The van der Waals surface area contributed by atoms with Crippen molar-refractivity contribution in [2.24, 2.45) is 0 Å². The molecule has 104 valence electrons. The fraction of sp³-hybridized carbons (Fsp3) is 0.625. The summed E-state index contributed by atoms with van der Waals surface area (Å²) >= 11 is 3.57. The molecule has 19 heavy (non-hydrogen) atoms. The van der Waals surface area contributed by atoms with E-state index < -0.39 is 0 Å². The van der Waals surface area contributed by atoms with Gasteiger partial charge in [0.2, 0.25) is 0 Å². The molecule has 0 unspecified atom stereocenters. The molecule has 1 N–H and O–H groups in total. The van der Waals surface area contributed by atoms with Gasteiger partial charge >= 0.3 is 0 Å². The molecule has 0 aromatic heterocycles. The van der Waals surface area contributed by atoms with Crippen LogP contribution in [0.4, 0.5) is 0 Å².